The largest absolute Gasteiger partial charge is 0.460 e. The summed E-state index contributed by atoms with van der Waals surface area (Å²) in [6.07, 6.45) is 0.857. The number of ether oxygens (including phenoxy) is 1. The number of carbonyl (C=O) groups is 1. The molecule has 1 rings (SSSR count). The molecule has 1 radical (unpaired) electrons. The standard InChI is InChI=1S/C23H39BrO4Si.Na/c1-22(2,3)28-21(26)18(15-16-27-29(7,8)23(4,5)6)20(25)14-13-17-11-9-10-12-19(17)24;/h9-12,18,20,25H,13-16H2,1-8H3;. The van der Waals surface area contributed by atoms with Crippen LogP contribution in [-0.2, 0) is 20.4 Å². The molecule has 1 aromatic carbocycles. The van der Waals surface area contributed by atoms with Gasteiger partial charge in [-0.15, -0.1) is 0 Å². The number of rotatable bonds is 9. The number of halogens is 1. The van der Waals surface area contributed by atoms with Crippen LogP contribution < -0.4 is 0 Å². The first-order chi connectivity index (χ1) is 13.1. The van der Waals surface area contributed by atoms with E-state index in [2.05, 4.69) is 49.8 Å². The van der Waals surface area contributed by atoms with Crippen molar-refractivity contribution in [2.45, 2.75) is 90.6 Å². The fourth-order valence-electron chi connectivity index (χ4n) is 2.71. The summed E-state index contributed by atoms with van der Waals surface area (Å²) in [6.45, 7) is 17.0. The number of hydrogen-bond donors (Lipinski definition) is 1. The van der Waals surface area contributed by atoms with Crippen LogP contribution >= 0.6 is 15.9 Å². The van der Waals surface area contributed by atoms with Gasteiger partial charge in [-0.05, 0) is 69.8 Å². The van der Waals surface area contributed by atoms with Gasteiger partial charge < -0.3 is 14.3 Å². The molecule has 0 aliphatic heterocycles. The zero-order valence-electron chi connectivity index (χ0n) is 20.3. The first-order valence-electron chi connectivity index (χ1n) is 10.4. The Hall–Kier alpha value is 0.307. The van der Waals surface area contributed by atoms with Crippen molar-refractivity contribution in [3.8, 4) is 0 Å². The molecule has 4 nitrogen and oxygen atoms in total. The number of hydrogen-bond acceptors (Lipinski definition) is 4. The summed E-state index contributed by atoms with van der Waals surface area (Å²) in [7, 11) is -1.91. The van der Waals surface area contributed by atoms with E-state index in [1.54, 1.807) is 0 Å². The van der Waals surface area contributed by atoms with Crippen molar-refractivity contribution < 1.29 is 19.1 Å². The van der Waals surface area contributed by atoms with E-state index in [1.807, 2.05) is 45.0 Å². The van der Waals surface area contributed by atoms with Gasteiger partial charge in [-0.3, -0.25) is 4.79 Å². The molecular formula is C23H39BrNaO4Si. The van der Waals surface area contributed by atoms with Crippen molar-refractivity contribution in [1.29, 1.82) is 0 Å². The van der Waals surface area contributed by atoms with Gasteiger partial charge in [-0.25, -0.2) is 0 Å². The predicted octanol–water partition coefficient (Wildman–Crippen LogP) is 5.73. The van der Waals surface area contributed by atoms with Crippen LogP contribution in [0, 0.1) is 5.92 Å². The maximum absolute atomic E-state index is 12.8. The average Bonchev–Trinajstić information content (AvgIpc) is 2.55. The Labute approximate surface area is 215 Å². The van der Waals surface area contributed by atoms with Crippen molar-refractivity contribution in [2.75, 3.05) is 6.61 Å². The molecule has 167 valence electrons. The molecule has 1 aromatic rings. The molecule has 0 fully saturated rings. The second-order valence-corrected chi connectivity index (χ2v) is 15.9. The monoisotopic (exact) mass is 509 g/mol. The molecule has 0 bridgehead atoms. The number of benzene rings is 1. The summed E-state index contributed by atoms with van der Waals surface area (Å²) in [5.74, 6) is -0.947. The number of aliphatic hydroxyl groups excluding tert-OH is 1. The van der Waals surface area contributed by atoms with Gasteiger partial charge in [0.15, 0.2) is 8.32 Å². The maximum atomic E-state index is 12.8. The second-order valence-electron chi connectivity index (χ2n) is 10.2. The molecule has 0 spiro atoms. The van der Waals surface area contributed by atoms with Crippen LogP contribution in [-0.4, -0.2) is 67.3 Å². The summed E-state index contributed by atoms with van der Waals surface area (Å²) in [4.78, 5) is 12.8. The number of carbonyl (C=O) groups excluding carboxylic acids is 1. The van der Waals surface area contributed by atoms with Crippen LogP contribution in [0.15, 0.2) is 28.7 Å². The molecule has 0 heterocycles. The van der Waals surface area contributed by atoms with Crippen molar-refractivity contribution in [3.63, 3.8) is 0 Å². The smallest absolute Gasteiger partial charge is 0.312 e. The Kier molecular flexibility index (Phi) is 12.6. The molecule has 1 N–H and O–H groups in total. The van der Waals surface area contributed by atoms with Crippen LogP contribution in [0.5, 0.6) is 0 Å². The van der Waals surface area contributed by atoms with Gasteiger partial charge in [0.2, 0.25) is 0 Å². The zero-order valence-corrected chi connectivity index (χ0v) is 24.9. The topological polar surface area (TPSA) is 55.8 Å². The van der Waals surface area contributed by atoms with Crippen LogP contribution in [0.3, 0.4) is 0 Å². The average molecular weight is 511 g/mol. The van der Waals surface area contributed by atoms with Gasteiger partial charge >= 0.3 is 5.97 Å². The van der Waals surface area contributed by atoms with Crippen molar-refractivity contribution in [1.82, 2.24) is 0 Å². The molecule has 2 atom stereocenters. The van der Waals surface area contributed by atoms with Crippen LogP contribution in [0.4, 0.5) is 0 Å². The molecule has 0 aliphatic carbocycles. The van der Waals surface area contributed by atoms with E-state index in [0.717, 1.165) is 10.0 Å². The predicted molar refractivity (Wildman–Crippen MR) is 131 cm³/mol. The normalized spacial score (nSPS) is 14.6. The molecule has 2 unspecified atom stereocenters. The fourth-order valence-corrected chi connectivity index (χ4v) is 4.25. The van der Waals surface area contributed by atoms with E-state index >= 15 is 0 Å². The van der Waals surface area contributed by atoms with E-state index in [1.165, 1.54) is 0 Å². The zero-order chi connectivity index (χ0) is 22.5. The number of aryl methyl sites for hydroxylation is 1. The third-order valence-corrected chi connectivity index (χ3v) is 10.9. The number of aliphatic hydroxyl groups is 1. The minimum Gasteiger partial charge on any atom is -0.460 e. The molecular weight excluding hydrogens is 471 g/mol. The van der Waals surface area contributed by atoms with E-state index in [4.69, 9.17) is 9.16 Å². The molecule has 0 saturated carbocycles. The SMILES string of the molecule is CC(C)(C)OC(=O)C(CCO[Si](C)(C)C(C)(C)C)C(O)CCc1ccccc1Br.[Na]. The first kappa shape index (κ1) is 30.3. The van der Waals surface area contributed by atoms with Crippen molar-refractivity contribution in [3.05, 3.63) is 34.3 Å². The Morgan fingerprint density at radius 1 is 1.10 bits per heavy atom. The van der Waals surface area contributed by atoms with E-state index < -0.39 is 25.9 Å². The van der Waals surface area contributed by atoms with E-state index in [9.17, 15) is 9.90 Å². The Morgan fingerprint density at radius 2 is 1.67 bits per heavy atom. The van der Waals surface area contributed by atoms with Gasteiger partial charge in [0, 0.05) is 40.6 Å². The van der Waals surface area contributed by atoms with Crippen molar-refractivity contribution >= 4 is 59.8 Å². The van der Waals surface area contributed by atoms with Gasteiger partial charge in [0.1, 0.15) is 5.60 Å². The van der Waals surface area contributed by atoms with E-state index in [-0.39, 0.29) is 40.6 Å². The molecule has 30 heavy (non-hydrogen) atoms. The summed E-state index contributed by atoms with van der Waals surface area (Å²) < 4.78 is 12.9. The molecule has 0 saturated heterocycles. The van der Waals surface area contributed by atoms with Gasteiger partial charge in [0.05, 0.1) is 12.0 Å². The van der Waals surface area contributed by atoms with Crippen LogP contribution in [0.25, 0.3) is 0 Å². The molecule has 0 aromatic heterocycles. The fraction of sp³-hybridized carbons (Fsp3) is 0.696. The third-order valence-electron chi connectivity index (χ3n) is 5.54. The minimum absolute atomic E-state index is 0. The molecule has 0 amide bonds. The molecule has 7 heteroatoms. The molecule has 0 aliphatic rings. The van der Waals surface area contributed by atoms with Crippen molar-refractivity contribution in [2.24, 2.45) is 5.92 Å². The Balaban J connectivity index is 0.00000841. The maximum Gasteiger partial charge on any atom is 0.312 e. The Bertz CT molecular complexity index is 668. The van der Waals surface area contributed by atoms with Gasteiger partial charge in [-0.2, -0.15) is 0 Å². The number of esters is 1. The minimum atomic E-state index is -1.91. The van der Waals surface area contributed by atoms with E-state index in [0.29, 0.717) is 25.9 Å². The first-order valence-corrected chi connectivity index (χ1v) is 14.1. The quantitative estimate of drug-likeness (QED) is 0.341. The summed E-state index contributed by atoms with van der Waals surface area (Å²) in [6, 6.07) is 7.95. The second kappa shape index (κ2) is 12.5. The van der Waals surface area contributed by atoms with Gasteiger partial charge in [0.25, 0.3) is 0 Å². The van der Waals surface area contributed by atoms with Crippen LogP contribution in [0.2, 0.25) is 18.1 Å². The summed E-state index contributed by atoms with van der Waals surface area (Å²) in [5.41, 5.74) is 0.532. The summed E-state index contributed by atoms with van der Waals surface area (Å²) >= 11 is 3.55. The van der Waals surface area contributed by atoms with Gasteiger partial charge in [-0.1, -0.05) is 54.9 Å². The summed E-state index contributed by atoms with van der Waals surface area (Å²) in [5, 5.41) is 11.0. The Morgan fingerprint density at radius 3 is 2.17 bits per heavy atom. The third kappa shape index (κ3) is 10.3. The van der Waals surface area contributed by atoms with Crippen LogP contribution in [0.1, 0.15) is 59.9 Å².